The Morgan fingerprint density at radius 2 is 1.63 bits per heavy atom. The number of rotatable bonds is 6. The van der Waals surface area contributed by atoms with E-state index in [0.29, 0.717) is 22.0 Å². The minimum atomic E-state index is -3.80. The topological polar surface area (TPSA) is 115 Å². The van der Waals surface area contributed by atoms with Gasteiger partial charge in [0.25, 0.3) is 5.22 Å². The summed E-state index contributed by atoms with van der Waals surface area (Å²) in [7, 11) is -3.80. The van der Waals surface area contributed by atoms with Crippen LogP contribution >= 0.6 is 11.8 Å². The molecule has 1 heterocycles. The van der Waals surface area contributed by atoms with Crippen LogP contribution in [-0.2, 0) is 14.8 Å². The first-order valence-corrected chi connectivity index (χ1v) is 11.3. The van der Waals surface area contributed by atoms with E-state index >= 15 is 0 Å². The lowest BCUT2D eigenvalue weighted by atomic mass is 10.1. The van der Waals surface area contributed by atoms with Crippen molar-refractivity contribution < 1.29 is 17.6 Å². The lowest BCUT2D eigenvalue weighted by molar-refractivity contribution is -0.115. The molecule has 9 heteroatoms. The summed E-state index contributed by atoms with van der Waals surface area (Å²) in [4.78, 5) is 17.5. The van der Waals surface area contributed by atoms with Gasteiger partial charge in [0.1, 0.15) is 10.8 Å². The number of nitrogens with two attached hydrogens (primary N) is 1. The molecule has 0 aliphatic heterocycles. The molecule has 1 amide bonds. The van der Waals surface area contributed by atoms with Crippen molar-refractivity contribution in [2.45, 2.75) is 15.4 Å². The molecule has 3 N–H and O–H groups in total. The second-order valence-corrected chi connectivity index (χ2v) is 9.03. The summed E-state index contributed by atoms with van der Waals surface area (Å²) in [6, 6.07) is 22.3. The number of oxazole rings is 1. The predicted molar refractivity (Wildman–Crippen MR) is 115 cm³/mol. The van der Waals surface area contributed by atoms with Crippen LogP contribution in [0.15, 0.2) is 93.4 Å². The van der Waals surface area contributed by atoms with Crippen molar-refractivity contribution in [1.29, 1.82) is 0 Å². The van der Waals surface area contributed by atoms with Crippen LogP contribution in [0, 0.1) is 0 Å². The number of anilines is 1. The van der Waals surface area contributed by atoms with Gasteiger partial charge in [0, 0.05) is 5.69 Å². The summed E-state index contributed by atoms with van der Waals surface area (Å²) in [5, 5.41) is 7.67. The first kappa shape index (κ1) is 20.1. The summed E-state index contributed by atoms with van der Waals surface area (Å²) in [5.41, 5.74) is 2.59. The SMILES string of the molecule is NS(=O)(=O)c1ccc(NC(=O)[C@H](Sc2nc3ccccc3o2)c2ccccc2)cc1. The van der Waals surface area contributed by atoms with E-state index in [1.165, 1.54) is 36.0 Å². The highest BCUT2D eigenvalue weighted by molar-refractivity contribution is 8.00. The molecule has 30 heavy (non-hydrogen) atoms. The highest BCUT2D eigenvalue weighted by Crippen LogP contribution is 2.37. The molecule has 0 saturated carbocycles. The molecule has 0 aliphatic rings. The molecule has 0 saturated heterocycles. The average Bonchev–Trinajstić information content (AvgIpc) is 3.15. The van der Waals surface area contributed by atoms with Crippen molar-refractivity contribution in [3.8, 4) is 0 Å². The Hall–Kier alpha value is -3.14. The number of carbonyl (C=O) groups is 1. The van der Waals surface area contributed by atoms with Crippen LogP contribution in [-0.4, -0.2) is 19.3 Å². The summed E-state index contributed by atoms with van der Waals surface area (Å²) in [5.74, 6) is -0.295. The maximum absolute atomic E-state index is 13.1. The van der Waals surface area contributed by atoms with E-state index in [0.717, 1.165) is 5.56 Å². The van der Waals surface area contributed by atoms with Gasteiger partial charge in [0.2, 0.25) is 15.9 Å². The number of primary sulfonamides is 1. The van der Waals surface area contributed by atoms with Crippen LogP contribution in [0.4, 0.5) is 5.69 Å². The number of sulfonamides is 1. The minimum absolute atomic E-state index is 0.0269. The molecule has 7 nitrogen and oxygen atoms in total. The number of fused-ring (bicyclic) bond motifs is 1. The Bertz CT molecular complexity index is 1250. The third-order valence-electron chi connectivity index (χ3n) is 4.28. The summed E-state index contributed by atoms with van der Waals surface area (Å²) in [6.45, 7) is 0. The van der Waals surface area contributed by atoms with Gasteiger partial charge in [-0.1, -0.05) is 42.5 Å². The fourth-order valence-corrected chi connectivity index (χ4v) is 4.30. The van der Waals surface area contributed by atoms with Crippen molar-refractivity contribution in [2.75, 3.05) is 5.32 Å². The number of hydrogen-bond donors (Lipinski definition) is 2. The third-order valence-corrected chi connectivity index (χ3v) is 6.31. The van der Waals surface area contributed by atoms with Crippen molar-refractivity contribution in [2.24, 2.45) is 5.14 Å². The molecule has 4 aromatic rings. The molecule has 0 fully saturated rings. The molecular formula is C21H17N3O4S2. The van der Waals surface area contributed by atoms with E-state index in [9.17, 15) is 13.2 Å². The maximum Gasteiger partial charge on any atom is 0.257 e. The Morgan fingerprint density at radius 3 is 2.30 bits per heavy atom. The molecule has 0 bridgehead atoms. The molecule has 0 spiro atoms. The van der Waals surface area contributed by atoms with Gasteiger partial charge in [-0.2, -0.15) is 0 Å². The second kappa shape index (κ2) is 8.31. The van der Waals surface area contributed by atoms with E-state index in [2.05, 4.69) is 10.3 Å². The first-order valence-electron chi connectivity index (χ1n) is 8.91. The lowest BCUT2D eigenvalue weighted by Gasteiger charge is -2.15. The third kappa shape index (κ3) is 4.54. The van der Waals surface area contributed by atoms with E-state index in [1.54, 1.807) is 0 Å². The zero-order valence-electron chi connectivity index (χ0n) is 15.6. The van der Waals surface area contributed by atoms with Crippen LogP contribution in [0.1, 0.15) is 10.8 Å². The number of para-hydroxylation sites is 2. The number of carbonyl (C=O) groups excluding carboxylic acids is 1. The van der Waals surface area contributed by atoms with Crippen molar-refractivity contribution in [1.82, 2.24) is 4.98 Å². The van der Waals surface area contributed by atoms with Crippen molar-refractivity contribution in [3.05, 3.63) is 84.4 Å². The molecule has 4 rings (SSSR count). The smallest absolute Gasteiger partial charge is 0.257 e. The number of amides is 1. The van der Waals surface area contributed by atoms with Crippen LogP contribution in [0.5, 0.6) is 0 Å². The van der Waals surface area contributed by atoms with Gasteiger partial charge in [-0.15, -0.1) is 0 Å². The summed E-state index contributed by atoms with van der Waals surface area (Å²) < 4.78 is 28.6. The Balaban J connectivity index is 1.60. The second-order valence-electron chi connectivity index (χ2n) is 6.41. The number of nitrogens with zero attached hydrogens (tertiary/aromatic N) is 1. The Labute approximate surface area is 177 Å². The number of nitrogens with one attached hydrogen (secondary N) is 1. The van der Waals surface area contributed by atoms with E-state index < -0.39 is 15.3 Å². The molecule has 1 aromatic heterocycles. The number of aromatic nitrogens is 1. The highest BCUT2D eigenvalue weighted by atomic mass is 32.2. The van der Waals surface area contributed by atoms with Gasteiger partial charge >= 0.3 is 0 Å². The summed E-state index contributed by atoms with van der Waals surface area (Å²) in [6.07, 6.45) is 0. The van der Waals surface area contributed by atoms with Gasteiger partial charge in [0.05, 0.1) is 4.90 Å². The van der Waals surface area contributed by atoms with E-state index in [1.807, 2.05) is 54.6 Å². The normalized spacial score (nSPS) is 12.6. The van der Waals surface area contributed by atoms with Gasteiger partial charge in [-0.3, -0.25) is 4.79 Å². The zero-order chi connectivity index (χ0) is 21.1. The lowest BCUT2D eigenvalue weighted by Crippen LogP contribution is -2.19. The predicted octanol–water partition coefficient (Wildman–Crippen LogP) is 3.95. The molecule has 0 unspecified atom stereocenters. The fraction of sp³-hybridized carbons (Fsp3) is 0.0476. The number of thioether (sulfide) groups is 1. The molecular weight excluding hydrogens is 422 g/mol. The standard InChI is InChI=1S/C21H17N3O4S2/c22-30(26,27)16-12-10-15(11-13-16)23-20(25)19(14-6-2-1-3-7-14)29-21-24-17-8-4-5-9-18(17)28-21/h1-13,19H,(H,23,25)(H2,22,26,27)/t19-/m1/s1. The summed E-state index contributed by atoms with van der Waals surface area (Å²) >= 11 is 1.20. The van der Waals surface area contributed by atoms with Crippen LogP contribution in [0.3, 0.4) is 0 Å². The van der Waals surface area contributed by atoms with Crippen LogP contribution in [0.25, 0.3) is 11.1 Å². The zero-order valence-corrected chi connectivity index (χ0v) is 17.2. The fourth-order valence-electron chi connectivity index (χ4n) is 2.84. The minimum Gasteiger partial charge on any atom is -0.431 e. The monoisotopic (exact) mass is 439 g/mol. The van der Waals surface area contributed by atoms with Gasteiger partial charge in [-0.25, -0.2) is 18.5 Å². The Morgan fingerprint density at radius 1 is 0.967 bits per heavy atom. The van der Waals surface area contributed by atoms with Crippen LogP contribution in [0.2, 0.25) is 0 Å². The molecule has 1 atom stereocenters. The van der Waals surface area contributed by atoms with E-state index in [-0.39, 0.29) is 10.8 Å². The largest absolute Gasteiger partial charge is 0.431 e. The maximum atomic E-state index is 13.1. The Kier molecular flexibility index (Phi) is 5.58. The van der Waals surface area contributed by atoms with Gasteiger partial charge in [-0.05, 0) is 53.7 Å². The van der Waals surface area contributed by atoms with Crippen molar-refractivity contribution in [3.63, 3.8) is 0 Å². The van der Waals surface area contributed by atoms with Gasteiger partial charge < -0.3 is 9.73 Å². The number of hydrogen-bond acceptors (Lipinski definition) is 6. The molecule has 152 valence electrons. The molecule has 3 aromatic carbocycles. The first-order chi connectivity index (χ1) is 14.4. The molecule has 0 aliphatic carbocycles. The van der Waals surface area contributed by atoms with Crippen LogP contribution < -0.4 is 10.5 Å². The molecule has 0 radical (unpaired) electrons. The quantitative estimate of drug-likeness (QED) is 0.440. The average molecular weight is 440 g/mol. The number of benzene rings is 3. The van der Waals surface area contributed by atoms with Crippen molar-refractivity contribution >= 4 is 44.5 Å². The van der Waals surface area contributed by atoms with E-state index in [4.69, 9.17) is 9.56 Å². The highest BCUT2D eigenvalue weighted by Gasteiger charge is 2.25. The van der Waals surface area contributed by atoms with Gasteiger partial charge in [0.15, 0.2) is 5.58 Å².